The van der Waals surface area contributed by atoms with Crippen LogP contribution < -0.4 is 5.32 Å². The molecule has 0 radical (unpaired) electrons. The van der Waals surface area contributed by atoms with Gasteiger partial charge in [-0.05, 0) is 58.3 Å². The molecular weight excluding hydrogens is 679 g/mol. The number of hydrogen-bond donors (Lipinski definition) is 1. The van der Waals surface area contributed by atoms with Gasteiger partial charge in [-0.3, -0.25) is 0 Å². The van der Waals surface area contributed by atoms with Crippen molar-refractivity contribution in [2.45, 2.75) is 6.17 Å². The van der Waals surface area contributed by atoms with Crippen molar-refractivity contribution in [2.75, 3.05) is 0 Å². The molecule has 1 N–H and O–H groups in total. The molecule has 0 amide bonds. The number of para-hydroxylation sites is 4. The van der Waals surface area contributed by atoms with Gasteiger partial charge in [-0.1, -0.05) is 127 Å². The van der Waals surface area contributed by atoms with E-state index in [2.05, 4.69) is 108 Å². The summed E-state index contributed by atoms with van der Waals surface area (Å²) in [6.45, 7) is 0. The van der Waals surface area contributed by atoms with Crippen molar-refractivity contribution in [2.24, 2.45) is 9.98 Å². The second kappa shape index (κ2) is 11.5. The van der Waals surface area contributed by atoms with E-state index in [1.807, 2.05) is 60.7 Å². The maximum atomic E-state index is 6.81. The highest BCUT2D eigenvalue weighted by atomic mass is 16.3. The summed E-state index contributed by atoms with van der Waals surface area (Å²) >= 11 is 0. The fraction of sp³-hybridized carbons (Fsp3) is 0.0204. The molecular formula is C49H29N3O3. The Bertz CT molecular complexity index is 3430. The Morgan fingerprint density at radius 2 is 1.00 bits per heavy atom. The van der Waals surface area contributed by atoms with Crippen molar-refractivity contribution in [3.63, 3.8) is 0 Å². The van der Waals surface area contributed by atoms with E-state index in [1.54, 1.807) is 0 Å². The Balaban J connectivity index is 1.08. The zero-order valence-corrected chi connectivity index (χ0v) is 29.3. The molecule has 3 aromatic heterocycles. The molecule has 6 nitrogen and oxygen atoms in total. The highest BCUT2D eigenvalue weighted by Gasteiger charge is 2.26. The summed E-state index contributed by atoms with van der Waals surface area (Å²) in [5.41, 5.74) is 9.76. The molecule has 1 aliphatic rings. The highest BCUT2D eigenvalue weighted by Crippen LogP contribution is 2.43. The van der Waals surface area contributed by atoms with Gasteiger partial charge in [-0.15, -0.1) is 0 Å². The van der Waals surface area contributed by atoms with E-state index in [0.717, 1.165) is 99.0 Å². The first-order valence-corrected chi connectivity index (χ1v) is 18.4. The first-order chi connectivity index (χ1) is 27.2. The molecule has 8 aromatic carbocycles. The van der Waals surface area contributed by atoms with Crippen molar-refractivity contribution >= 4 is 88.3 Å². The van der Waals surface area contributed by atoms with Crippen LogP contribution in [0.5, 0.6) is 0 Å². The first-order valence-electron chi connectivity index (χ1n) is 18.4. The van der Waals surface area contributed by atoms with Gasteiger partial charge in [0.1, 0.15) is 45.5 Å². The second-order valence-electron chi connectivity index (χ2n) is 14.1. The Morgan fingerprint density at radius 1 is 0.418 bits per heavy atom. The van der Waals surface area contributed by atoms with Crippen LogP contribution in [0.15, 0.2) is 187 Å². The van der Waals surface area contributed by atoms with Crippen LogP contribution in [0.1, 0.15) is 22.9 Å². The van der Waals surface area contributed by atoms with Gasteiger partial charge in [0.2, 0.25) is 0 Å². The standard InChI is InChI=1S/C49H29N3O3/c1-2-12-29-27-30(26-25-28(29)11-1)47-50-48(52-49(51-47)38-20-8-16-33-31-13-3-5-21-39(31)54-46(33)38)37-19-10-24-42-44(37)36-18-7-17-34(45(36)55-42)32-15-9-23-41-43(32)35-14-4-6-22-40(35)53-41/h1-27,47H,(H,50,51,52). The quantitative estimate of drug-likeness (QED) is 0.198. The minimum atomic E-state index is -0.414. The largest absolute Gasteiger partial charge is 0.456 e. The lowest BCUT2D eigenvalue weighted by molar-refractivity contribution is 0.663. The topological polar surface area (TPSA) is 76.2 Å². The molecule has 0 aliphatic carbocycles. The van der Waals surface area contributed by atoms with E-state index in [1.165, 1.54) is 5.39 Å². The molecule has 0 saturated carbocycles. The normalized spacial score (nSPS) is 14.7. The van der Waals surface area contributed by atoms with Crippen LogP contribution in [0.25, 0.3) is 87.7 Å². The van der Waals surface area contributed by atoms with Crippen molar-refractivity contribution in [3.05, 3.63) is 180 Å². The molecule has 1 unspecified atom stereocenters. The van der Waals surface area contributed by atoms with Gasteiger partial charge in [-0.2, -0.15) is 0 Å². The molecule has 4 heterocycles. The summed E-state index contributed by atoms with van der Waals surface area (Å²) in [4.78, 5) is 10.6. The van der Waals surface area contributed by atoms with Crippen LogP contribution in [-0.2, 0) is 0 Å². The number of rotatable bonds is 4. The number of nitrogens with zero attached hydrogens (tertiary/aromatic N) is 2. The Kier molecular flexibility index (Phi) is 6.30. The highest BCUT2D eigenvalue weighted by molar-refractivity contribution is 6.25. The van der Waals surface area contributed by atoms with Crippen molar-refractivity contribution in [1.29, 1.82) is 0 Å². The lowest BCUT2D eigenvalue weighted by atomic mass is 9.96. The number of benzene rings is 8. The van der Waals surface area contributed by atoms with Crippen LogP contribution in [0.4, 0.5) is 0 Å². The van der Waals surface area contributed by atoms with Gasteiger partial charge in [0.15, 0.2) is 5.84 Å². The molecule has 1 atom stereocenters. The first kappa shape index (κ1) is 30.1. The lowest BCUT2D eigenvalue weighted by Gasteiger charge is -2.24. The third-order valence-corrected chi connectivity index (χ3v) is 10.9. The second-order valence-corrected chi connectivity index (χ2v) is 14.1. The maximum absolute atomic E-state index is 6.81. The smallest absolute Gasteiger partial charge is 0.163 e. The van der Waals surface area contributed by atoms with E-state index in [9.17, 15) is 0 Å². The number of furan rings is 3. The minimum absolute atomic E-state index is 0.414. The van der Waals surface area contributed by atoms with Crippen molar-refractivity contribution in [1.82, 2.24) is 5.32 Å². The fourth-order valence-electron chi connectivity index (χ4n) is 8.43. The third kappa shape index (κ3) is 4.55. The number of hydrogen-bond acceptors (Lipinski definition) is 6. The van der Waals surface area contributed by atoms with Crippen LogP contribution in [-0.4, -0.2) is 11.7 Å². The summed E-state index contributed by atoms with van der Waals surface area (Å²) in [5.74, 6) is 1.30. The van der Waals surface area contributed by atoms with Crippen LogP contribution in [0.3, 0.4) is 0 Å². The molecule has 12 rings (SSSR count). The van der Waals surface area contributed by atoms with Gasteiger partial charge in [0.05, 0.1) is 5.56 Å². The molecule has 0 spiro atoms. The zero-order valence-electron chi connectivity index (χ0n) is 29.3. The monoisotopic (exact) mass is 707 g/mol. The average Bonchev–Trinajstić information content (AvgIpc) is 3.95. The molecule has 1 aliphatic heterocycles. The summed E-state index contributed by atoms with van der Waals surface area (Å²) in [6, 6.07) is 56.2. The zero-order chi connectivity index (χ0) is 36.0. The van der Waals surface area contributed by atoms with Gasteiger partial charge < -0.3 is 18.6 Å². The average molecular weight is 708 g/mol. The van der Waals surface area contributed by atoms with Gasteiger partial charge >= 0.3 is 0 Å². The predicted molar refractivity (Wildman–Crippen MR) is 223 cm³/mol. The van der Waals surface area contributed by atoms with Crippen LogP contribution in [0.2, 0.25) is 0 Å². The fourth-order valence-corrected chi connectivity index (χ4v) is 8.43. The Labute approximate surface area is 313 Å². The lowest BCUT2D eigenvalue weighted by Crippen LogP contribution is -2.33. The van der Waals surface area contributed by atoms with E-state index >= 15 is 0 Å². The van der Waals surface area contributed by atoms with Gasteiger partial charge in [0.25, 0.3) is 0 Å². The van der Waals surface area contributed by atoms with Crippen LogP contribution >= 0.6 is 0 Å². The number of amidine groups is 2. The van der Waals surface area contributed by atoms with E-state index in [0.29, 0.717) is 11.7 Å². The Morgan fingerprint density at radius 3 is 1.87 bits per heavy atom. The molecule has 55 heavy (non-hydrogen) atoms. The predicted octanol–water partition coefficient (Wildman–Crippen LogP) is 12.7. The molecule has 6 heteroatoms. The van der Waals surface area contributed by atoms with Gasteiger partial charge in [0, 0.05) is 43.4 Å². The van der Waals surface area contributed by atoms with Gasteiger partial charge in [-0.25, -0.2) is 9.98 Å². The number of nitrogens with one attached hydrogen (secondary N) is 1. The number of aliphatic imine (C=N–C) groups is 2. The molecule has 11 aromatic rings. The third-order valence-electron chi connectivity index (χ3n) is 10.9. The van der Waals surface area contributed by atoms with Crippen molar-refractivity contribution < 1.29 is 13.3 Å². The van der Waals surface area contributed by atoms with E-state index in [-0.39, 0.29) is 0 Å². The SMILES string of the molecule is c1ccc2cc(C3N=C(c4cccc5c4oc4ccccc45)N=C(c4cccc5oc6c(-c7cccc8oc9ccccc9c78)cccc6c45)N3)ccc2c1. The number of fused-ring (bicyclic) bond motifs is 10. The van der Waals surface area contributed by atoms with E-state index < -0.39 is 6.17 Å². The molecule has 0 saturated heterocycles. The molecule has 0 bridgehead atoms. The van der Waals surface area contributed by atoms with Crippen molar-refractivity contribution in [3.8, 4) is 11.1 Å². The molecule has 0 fully saturated rings. The summed E-state index contributed by atoms with van der Waals surface area (Å²) in [7, 11) is 0. The minimum Gasteiger partial charge on any atom is -0.456 e. The summed E-state index contributed by atoms with van der Waals surface area (Å²) in [5, 5.41) is 12.3. The maximum Gasteiger partial charge on any atom is 0.163 e. The summed E-state index contributed by atoms with van der Waals surface area (Å²) in [6.07, 6.45) is -0.414. The van der Waals surface area contributed by atoms with E-state index in [4.69, 9.17) is 23.2 Å². The molecule has 258 valence electrons. The summed E-state index contributed by atoms with van der Waals surface area (Å²) < 4.78 is 19.6. The van der Waals surface area contributed by atoms with Crippen LogP contribution in [0, 0.1) is 0 Å². The Hall–Kier alpha value is -7.44.